The van der Waals surface area contributed by atoms with E-state index in [0.717, 1.165) is 35.5 Å². The van der Waals surface area contributed by atoms with Crippen LogP contribution in [0.4, 0.5) is 5.69 Å². The van der Waals surface area contributed by atoms with Gasteiger partial charge in [-0.25, -0.2) is 0 Å². The summed E-state index contributed by atoms with van der Waals surface area (Å²) in [6.45, 7) is 10.9. The van der Waals surface area contributed by atoms with Gasteiger partial charge < -0.3 is 16.0 Å². The SMILES string of the molecule is CCC/C=C\C1=CC(N)=C(NC(C)C)c2ccccc2N1C(C)C. The van der Waals surface area contributed by atoms with Gasteiger partial charge in [-0.2, -0.15) is 0 Å². The highest BCUT2D eigenvalue weighted by molar-refractivity contribution is 5.82. The molecule has 1 aliphatic rings. The highest BCUT2D eigenvalue weighted by Gasteiger charge is 2.23. The van der Waals surface area contributed by atoms with Gasteiger partial charge in [0.25, 0.3) is 0 Å². The predicted octanol–water partition coefficient (Wildman–Crippen LogP) is 4.78. The van der Waals surface area contributed by atoms with Crippen LogP contribution in [0.2, 0.25) is 0 Å². The van der Waals surface area contributed by atoms with Crippen LogP contribution in [-0.2, 0) is 0 Å². The molecule has 24 heavy (non-hydrogen) atoms. The topological polar surface area (TPSA) is 41.3 Å². The predicted molar refractivity (Wildman–Crippen MR) is 106 cm³/mol. The molecule has 1 heterocycles. The van der Waals surface area contributed by atoms with Crippen LogP contribution in [0.15, 0.2) is 53.9 Å². The highest BCUT2D eigenvalue weighted by Crippen LogP contribution is 2.35. The van der Waals surface area contributed by atoms with Gasteiger partial charge in [-0.1, -0.05) is 37.6 Å². The average molecular weight is 326 g/mol. The van der Waals surface area contributed by atoms with Gasteiger partial charge in [-0.05, 0) is 52.3 Å². The summed E-state index contributed by atoms with van der Waals surface area (Å²) >= 11 is 0. The van der Waals surface area contributed by atoms with E-state index in [1.807, 2.05) is 0 Å². The zero-order valence-corrected chi connectivity index (χ0v) is 15.6. The molecule has 3 N–H and O–H groups in total. The molecule has 0 spiro atoms. The van der Waals surface area contributed by atoms with Crippen molar-refractivity contribution < 1.29 is 0 Å². The quantitative estimate of drug-likeness (QED) is 0.791. The summed E-state index contributed by atoms with van der Waals surface area (Å²) in [5, 5.41) is 3.53. The minimum absolute atomic E-state index is 0.324. The van der Waals surface area contributed by atoms with Crippen molar-refractivity contribution in [3.8, 4) is 0 Å². The number of nitrogens with zero attached hydrogens (tertiary/aromatic N) is 1. The van der Waals surface area contributed by atoms with Crippen molar-refractivity contribution in [2.45, 2.75) is 59.5 Å². The van der Waals surface area contributed by atoms with E-state index in [1.165, 1.54) is 5.69 Å². The number of allylic oxidation sites excluding steroid dienone is 3. The monoisotopic (exact) mass is 325 g/mol. The van der Waals surface area contributed by atoms with E-state index in [1.54, 1.807) is 0 Å². The zero-order valence-electron chi connectivity index (χ0n) is 15.6. The molecule has 0 radical (unpaired) electrons. The smallest absolute Gasteiger partial charge is 0.0671 e. The first kappa shape index (κ1) is 18.2. The van der Waals surface area contributed by atoms with Gasteiger partial charge in [-0.3, -0.25) is 0 Å². The first-order chi connectivity index (χ1) is 11.5. The standard InChI is InChI=1S/C21H31N3/c1-6-7-8-11-17-14-19(22)21(23-15(2)3)18-12-9-10-13-20(18)24(17)16(4)5/h8-16,23H,6-7,22H2,1-5H3/b11-8-. The lowest BCUT2D eigenvalue weighted by molar-refractivity contribution is 0.714. The molecule has 0 unspecified atom stereocenters. The van der Waals surface area contributed by atoms with Gasteiger partial charge in [0.05, 0.1) is 17.1 Å². The van der Waals surface area contributed by atoms with E-state index < -0.39 is 0 Å². The molecule has 1 aliphatic heterocycles. The Morgan fingerprint density at radius 3 is 2.50 bits per heavy atom. The van der Waals surface area contributed by atoms with Gasteiger partial charge in [0.1, 0.15) is 0 Å². The number of rotatable bonds is 6. The Morgan fingerprint density at radius 1 is 1.17 bits per heavy atom. The molecular weight excluding hydrogens is 294 g/mol. The lowest BCUT2D eigenvalue weighted by Gasteiger charge is -2.31. The third-order valence-electron chi connectivity index (χ3n) is 4.00. The summed E-state index contributed by atoms with van der Waals surface area (Å²) in [5.41, 5.74) is 11.8. The first-order valence-electron chi connectivity index (χ1n) is 8.98. The Hall–Kier alpha value is -2.16. The second kappa shape index (κ2) is 8.09. The number of unbranched alkanes of at least 4 members (excludes halogenated alkanes) is 1. The molecule has 0 saturated heterocycles. The number of hydrogen-bond acceptors (Lipinski definition) is 3. The van der Waals surface area contributed by atoms with Crippen molar-refractivity contribution in [3.05, 3.63) is 59.5 Å². The molecule has 1 aromatic rings. The molecule has 2 rings (SSSR count). The van der Waals surface area contributed by atoms with E-state index >= 15 is 0 Å². The molecule has 3 heteroatoms. The fourth-order valence-corrected chi connectivity index (χ4v) is 3.02. The van der Waals surface area contributed by atoms with Gasteiger partial charge in [0.15, 0.2) is 0 Å². The van der Waals surface area contributed by atoms with Crippen LogP contribution >= 0.6 is 0 Å². The number of anilines is 1. The van der Waals surface area contributed by atoms with Crippen LogP contribution in [0.25, 0.3) is 5.70 Å². The highest BCUT2D eigenvalue weighted by atomic mass is 15.2. The van der Waals surface area contributed by atoms with Crippen LogP contribution in [0, 0.1) is 0 Å². The summed E-state index contributed by atoms with van der Waals surface area (Å²) in [5.74, 6) is 0. The molecule has 3 nitrogen and oxygen atoms in total. The maximum absolute atomic E-state index is 6.48. The minimum atomic E-state index is 0.324. The van der Waals surface area contributed by atoms with E-state index in [9.17, 15) is 0 Å². The molecule has 0 atom stereocenters. The van der Waals surface area contributed by atoms with E-state index in [0.29, 0.717) is 12.1 Å². The van der Waals surface area contributed by atoms with E-state index in [4.69, 9.17) is 5.73 Å². The van der Waals surface area contributed by atoms with Crippen molar-refractivity contribution >= 4 is 11.4 Å². The van der Waals surface area contributed by atoms with E-state index in [-0.39, 0.29) is 0 Å². The lowest BCUT2D eigenvalue weighted by Crippen LogP contribution is -2.30. The van der Waals surface area contributed by atoms with Crippen molar-refractivity contribution in [1.29, 1.82) is 0 Å². The summed E-state index contributed by atoms with van der Waals surface area (Å²) in [6.07, 6.45) is 8.75. The van der Waals surface area contributed by atoms with Crippen LogP contribution in [-0.4, -0.2) is 12.1 Å². The Balaban J connectivity index is 2.62. The fourth-order valence-electron chi connectivity index (χ4n) is 3.02. The number of hydrogen-bond donors (Lipinski definition) is 2. The van der Waals surface area contributed by atoms with Crippen molar-refractivity contribution in [1.82, 2.24) is 5.32 Å². The number of nitrogens with two attached hydrogens (primary N) is 1. The molecule has 0 fully saturated rings. The Kier molecular flexibility index (Phi) is 6.13. The number of benzene rings is 1. The zero-order chi connectivity index (χ0) is 17.7. The molecular formula is C21H31N3. The largest absolute Gasteiger partial charge is 0.397 e. The maximum atomic E-state index is 6.48. The van der Waals surface area contributed by atoms with Gasteiger partial charge in [-0.15, -0.1) is 0 Å². The molecule has 0 amide bonds. The fraction of sp³-hybridized carbons (Fsp3) is 0.429. The van der Waals surface area contributed by atoms with Gasteiger partial charge in [0, 0.05) is 23.3 Å². The minimum Gasteiger partial charge on any atom is -0.397 e. The molecule has 0 bridgehead atoms. The summed E-state index contributed by atoms with van der Waals surface area (Å²) in [6, 6.07) is 9.16. The molecule has 130 valence electrons. The van der Waals surface area contributed by atoms with Crippen molar-refractivity contribution in [2.24, 2.45) is 5.73 Å². The summed E-state index contributed by atoms with van der Waals surface area (Å²) in [7, 11) is 0. The van der Waals surface area contributed by atoms with E-state index in [2.05, 4.69) is 87.3 Å². The first-order valence-corrected chi connectivity index (χ1v) is 8.98. The van der Waals surface area contributed by atoms with Crippen LogP contribution in [0.3, 0.4) is 0 Å². The number of fused-ring (bicyclic) bond motifs is 1. The van der Waals surface area contributed by atoms with Crippen LogP contribution in [0.1, 0.15) is 53.0 Å². The molecule has 0 aromatic heterocycles. The molecule has 1 aromatic carbocycles. The van der Waals surface area contributed by atoms with Gasteiger partial charge >= 0.3 is 0 Å². The summed E-state index contributed by atoms with van der Waals surface area (Å²) < 4.78 is 0. The second-order valence-electron chi connectivity index (χ2n) is 6.87. The van der Waals surface area contributed by atoms with Crippen LogP contribution in [0.5, 0.6) is 0 Å². The number of para-hydroxylation sites is 1. The Labute approximate surface area is 146 Å². The Bertz CT molecular complexity index is 651. The second-order valence-corrected chi connectivity index (χ2v) is 6.87. The average Bonchev–Trinajstić information content (AvgIpc) is 2.63. The van der Waals surface area contributed by atoms with Crippen LogP contribution < -0.4 is 16.0 Å². The third kappa shape index (κ3) is 4.02. The normalized spacial score (nSPS) is 15.1. The van der Waals surface area contributed by atoms with Gasteiger partial charge in [0.2, 0.25) is 0 Å². The summed E-state index contributed by atoms with van der Waals surface area (Å²) in [4.78, 5) is 2.36. The maximum Gasteiger partial charge on any atom is 0.0671 e. The molecule has 0 saturated carbocycles. The van der Waals surface area contributed by atoms with Crippen molar-refractivity contribution in [2.75, 3.05) is 4.90 Å². The van der Waals surface area contributed by atoms with Crippen molar-refractivity contribution in [3.63, 3.8) is 0 Å². The molecule has 0 aliphatic carbocycles. The Morgan fingerprint density at radius 2 is 1.88 bits per heavy atom. The lowest BCUT2D eigenvalue weighted by atomic mass is 10.1. The number of nitrogens with one attached hydrogen (secondary N) is 1. The third-order valence-corrected chi connectivity index (χ3v) is 4.00.